The van der Waals surface area contributed by atoms with Crippen molar-refractivity contribution in [2.45, 2.75) is 26.3 Å². The van der Waals surface area contributed by atoms with Gasteiger partial charge in [0.2, 0.25) is 0 Å². The van der Waals surface area contributed by atoms with Crippen LogP contribution >= 0.6 is 11.3 Å². The SMILES string of the molecule is Cc1nc(-c2ccc(F)cc2F)sc1C(C)(C)N. The fraction of sp³-hybridized carbons (Fsp3) is 0.308. The van der Waals surface area contributed by atoms with Gasteiger partial charge in [0.25, 0.3) is 0 Å². The molecule has 5 heteroatoms. The fourth-order valence-corrected chi connectivity index (χ4v) is 2.88. The molecule has 18 heavy (non-hydrogen) atoms. The Kier molecular flexibility index (Phi) is 3.21. The minimum Gasteiger partial charge on any atom is -0.321 e. The van der Waals surface area contributed by atoms with Crippen LogP contribution in [-0.4, -0.2) is 4.98 Å². The van der Waals surface area contributed by atoms with Crippen LogP contribution in [0.15, 0.2) is 18.2 Å². The number of thiazole rings is 1. The lowest BCUT2D eigenvalue weighted by Crippen LogP contribution is -2.28. The summed E-state index contributed by atoms with van der Waals surface area (Å²) in [6.07, 6.45) is 0. The van der Waals surface area contributed by atoms with Crippen molar-refractivity contribution in [2.24, 2.45) is 5.73 Å². The van der Waals surface area contributed by atoms with Gasteiger partial charge in [0.05, 0.1) is 5.69 Å². The third kappa shape index (κ3) is 2.42. The Balaban J connectivity index is 2.53. The fourth-order valence-electron chi connectivity index (χ4n) is 1.77. The molecule has 1 heterocycles. The largest absolute Gasteiger partial charge is 0.321 e. The molecule has 0 fully saturated rings. The second-order valence-corrected chi connectivity index (χ2v) is 5.78. The number of nitrogens with two attached hydrogens (primary N) is 1. The molecule has 2 rings (SSSR count). The highest BCUT2D eigenvalue weighted by molar-refractivity contribution is 7.15. The second-order valence-electron chi connectivity index (χ2n) is 4.78. The number of benzene rings is 1. The van der Waals surface area contributed by atoms with Crippen LogP contribution in [0.25, 0.3) is 10.6 Å². The van der Waals surface area contributed by atoms with E-state index in [0.717, 1.165) is 16.6 Å². The van der Waals surface area contributed by atoms with Crippen LogP contribution in [0.1, 0.15) is 24.4 Å². The lowest BCUT2D eigenvalue weighted by atomic mass is 10.0. The van der Waals surface area contributed by atoms with E-state index >= 15 is 0 Å². The van der Waals surface area contributed by atoms with Gasteiger partial charge < -0.3 is 5.73 Å². The lowest BCUT2D eigenvalue weighted by molar-refractivity contribution is 0.562. The average molecular weight is 268 g/mol. The Morgan fingerprint density at radius 2 is 1.94 bits per heavy atom. The predicted octanol–water partition coefficient (Wildman–Crippen LogP) is 3.59. The van der Waals surface area contributed by atoms with Crippen LogP contribution in [-0.2, 0) is 5.54 Å². The summed E-state index contributed by atoms with van der Waals surface area (Å²) < 4.78 is 26.5. The molecule has 0 aliphatic rings. The molecule has 0 atom stereocenters. The van der Waals surface area contributed by atoms with Gasteiger partial charge in [-0.2, -0.15) is 0 Å². The quantitative estimate of drug-likeness (QED) is 0.904. The van der Waals surface area contributed by atoms with E-state index in [1.54, 1.807) is 0 Å². The summed E-state index contributed by atoms with van der Waals surface area (Å²) in [7, 11) is 0. The molecular weight excluding hydrogens is 254 g/mol. The van der Waals surface area contributed by atoms with E-state index < -0.39 is 17.2 Å². The molecular formula is C13H14F2N2S. The highest BCUT2D eigenvalue weighted by Crippen LogP contribution is 2.34. The first-order valence-electron chi connectivity index (χ1n) is 5.51. The summed E-state index contributed by atoms with van der Waals surface area (Å²) in [6, 6.07) is 3.48. The first kappa shape index (κ1) is 13.1. The molecule has 2 aromatic rings. The lowest BCUT2D eigenvalue weighted by Gasteiger charge is -2.16. The zero-order chi connectivity index (χ0) is 13.5. The number of aromatic nitrogens is 1. The van der Waals surface area contributed by atoms with Crippen molar-refractivity contribution in [1.29, 1.82) is 0 Å². The minimum absolute atomic E-state index is 0.306. The summed E-state index contributed by atoms with van der Waals surface area (Å²) in [4.78, 5) is 5.22. The third-order valence-corrected chi connectivity index (χ3v) is 4.07. The molecule has 0 saturated heterocycles. The summed E-state index contributed by atoms with van der Waals surface area (Å²) in [5, 5.41) is 0.526. The van der Waals surface area contributed by atoms with Crippen molar-refractivity contribution in [3.63, 3.8) is 0 Å². The molecule has 0 bridgehead atoms. The monoisotopic (exact) mass is 268 g/mol. The summed E-state index contributed by atoms with van der Waals surface area (Å²) in [5.74, 6) is -1.20. The van der Waals surface area contributed by atoms with Crippen LogP contribution < -0.4 is 5.73 Å². The van der Waals surface area contributed by atoms with Crippen LogP contribution in [0.3, 0.4) is 0 Å². The maximum atomic E-state index is 13.7. The van der Waals surface area contributed by atoms with Crippen molar-refractivity contribution < 1.29 is 8.78 Å². The molecule has 1 aromatic carbocycles. The molecule has 1 aromatic heterocycles. The molecule has 0 unspecified atom stereocenters. The Morgan fingerprint density at radius 1 is 1.28 bits per heavy atom. The van der Waals surface area contributed by atoms with E-state index in [4.69, 9.17) is 5.73 Å². The number of rotatable bonds is 2. The van der Waals surface area contributed by atoms with E-state index in [0.29, 0.717) is 10.6 Å². The maximum absolute atomic E-state index is 13.7. The van der Waals surface area contributed by atoms with Crippen molar-refractivity contribution >= 4 is 11.3 Å². The van der Waals surface area contributed by atoms with E-state index in [-0.39, 0.29) is 0 Å². The molecule has 0 saturated carbocycles. The van der Waals surface area contributed by atoms with Gasteiger partial charge in [-0.3, -0.25) is 0 Å². The van der Waals surface area contributed by atoms with Gasteiger partial charge in [-0.15, -0.1) is 11.3 Å². The normalized spacial score (nSPS) is 11.9. The Hall–Kier alpha value is -1.33. The molecule has 2 nitrogen and oxygen atoms in total. The summed E-state index contributed by atoms with van der Waals surface area (Å²) >= 11 is 1.34. The summed E-state index contributed by atoms with van der Waals surface area (Å²) in [5.41, 5.74) is 6.60. The standard InChI is InChI=1S/C13H14F2N2S/c1-7-11(13(2,3)16)18-12(17-7)9-5-4-8(14)6-10(9)15/h4-6H,16H2,1-3H3. The second kappa shape index (κ2) is 4.40. The van der Waals surface area contributed by atoms with Gasteiger partial charge in [0.15, 0.2) is 0 Å². The topological polar surface area (TPSA) is 38.9 Å². The highest BCUT2D eigenvalue weighted by Gasteiger charge is 2.22. The molecule has 0 spiro atoms. The van der Waals surface area contributed by atoms with E-state index in [2.05, 4.69) is 4.98 Å². The number of hydrogen-bond donors (Lipinski definition) is 1. The van der Waals surface area contributed by atoms with E-state index in [9.17, 15) is 8.78 Å². The zero-order valence-corrected chi connectivity index (χ0v) is 11.2. The van der Waals surface area contributed by atoms with Gasteiger partial charge in [0, 0.05) is 22.0 Å². The van der Waals surface area contributed by atoms with Crippen molar-refractivity contribution in [1.82, 2.24) is 4.98 Å². The highest BCUT2D eigenvalue weighted by atomic mass is 32.1. The molecule has 0 amide bonds. The van der Waals surface area contributed by atoms with Gasteiger partial charge >= 0.3 is 0 Å². The molecule has 0 aliphatic heterocycles. The Bertz CT molecular complexity index is 585. The zero-order valence-electron chi connectivity index (χ0n) is 10.4. The maximum Gasteiger partial charge on any atom is 0.136 e. The average Bonchev–Trinajstić information content (AvgIpc) is 2.59. The summed E-state index contributed by atoms with van der Waals surface area (Å²) in [6.45, 7) is 5.59. The van der Waals surface area contributed by atoms with E-state index in [1.165, 1.54) is 23.5 Å². The number of hydrogen-bond acceptors (Lipinski definition) is 3. The molecule has 0 aliphatic carbocycles. The third-order valence-electron chi connectivity index (χ3n) is 2.54. The Morgan fingerprint density at radius 3 is 2.44 bits per heavy atom. The van der Waals surface area contributed by atoms with Crippen LogP contribution in [0.5, 0.6) is 0 Å². The van der Waals surface area contributed by atoms with E-state index in [1.807, 2.05) is 20.8 Å². The first-order chi connectivity index (χ1) is 8.29. The van der Waals surface area contributed by atoms with Gasteiger partial charge in [-0.1, -0.05) is 0 Å². The predicted molar refractivity (Wildman–Crippen MR) is 69.4 cm³/mol. The smallest absolute Gasteiger partial charge is 0.136 e. The molecule has 0 radical (unpaired) electrons. The van der Waals surface area contributed by atoms with Gasteiger partial charge in [-0.05, 0) is 32.9 Å². The van der Waals surface area contributed by atoms with Gasteiger partial charge in [0.1, 0.15) is 16.6 Å². The number of nitrogens with zero attached hydrogens (tertiary/aromatic N) is 1. The van der Waals surface area contributed by atoms with Crippen molar-refractivity contribution in [3.05, 3.63) is 40.4 Å². The first-order valence-corrected chi connectivity index (χ1v) is 6.33. The van der Waals surface area contributed by atoms with Crippen molar-refractivity contribution in [3.8, 4) is 10.6 Å². The Labute approximate surface area is 108 Å². The van der Waals surface area contributed by atoms with Crippen molar-refractivity contribution in [2.75, 3.05) is 0 Å². The number of aryl methyl sites for hydroxylation is 1. The molecule has 96 valence electrons. The van der Waals surface area contributed by atoms with Gasteiger partial charge in [-0.25, -0.2) is 13.8 Å². The minimum atomic E-state index is -0.606. The van der Waals surface area contributed by atoms with Crippen LogP contribution in [0.4, 0.5) is 8.78 Å². The number of halogens is 2. The van der Waals surface area contributed by atoms with Crippen LogP contribution in [0.2, 0.25) is 0 Å². The molecule has 2 N–H and O–H groups in total. The van der Waals surface area contributed by atoms with Crippen LogP contribution in [0, 0.1) is 18.6 Å².